The van der Waals surface area contributed by atoms with Crippen LogP contribution in [0.15, 0.2) is 66.9 Å². The number of benzene rings is 2. The van der Waals surface area contributed by atoms with Gasteiger partial charge in [0.25, 0.3) is 0 Å². The number of aromatic nitrogens is 2. The standard InChI is InChI=1S/C11H10N2O.C10H14/c1-9-10(8-14)7-13(12-9)11-5-3-2-4-6-11;1-2-3-7-10-8-5-4-6-9-10/h2-8H,1H3;4-6,8-9H,2-3,7H2,1H3. The second kappa shape index (κ2) is 9.46. The Morgan fingerprint density at radius 2 is 1.62 bits per heavy atom. The Hall–Kier alpha value is -2.68. The van der Waals surface area contributed by atoms with Crippen molar-refractivity contribution in [2.24, 2.45) is 0 Å². The van der Waals surface area contributed by atoms with Crippen LogP contribution < -0.4 is 0 Å². The van der Waals surface area contributed by atoms with Crippen LogP contribution in [0.3, 0.4) is 0 Å². The second-order valence-corrected chi connectivity index (χ2v) is 5.66. The van der Waals surface area contributed by atoms with Gasteiger partial charge < -0.3 is 0 Å². The zero-order chi connectivity index (χ0) is 17.2. The van der Waals surface area contributed by atoms with E-state index in [0.29, 0.717) is 5.56 Å². The van der Waals surface area contributed by atoms with E-state index in [1.807, 2.05) is 37.3 Å². The van der Waals surface area contributed by atoms with Crippen LogP contribution >= 0.6 is 0 Å². The van der Waals surface area contributed by atoms with Gasteiger partial charge in [-0.2, -0.15) is 5.10 Å². The number of carbonyl (C=O) groups is 1. The fourth-order valence-electron chi connectivity index (χ4n) is 2.33. The number of para-hydroxylation sites is 1. The van der Waals surface area contributed by atoms with E-state index in [1.54, 1.807) is 10.9 Å². The summed E-state index contributed by atoms with van der Waals surface area (Å²) in [6, 6.07) is 20.4. The molecule has 24 heavy (non-hydrogen) atoms. The molecule has 1 aromatic heterocycles. The van der Waals surface area contributed by atoms with Crippen molar-refractivity contribution in [1.29, 1.82) is 0 Å². The highest BCUT2D eigenvalue weighted by Gasteiger charge is 2.03. The zero-order valence-electron chi connectivity index (χ0n) is 14.4. The summed E-state index contributed by atoms with van der Waals surface area (Å²) in [6.07, 6.45) is 6.38. The molecule has 0 fully saturated rings. The molecule has 0 aliphatic heterocycles. The number of rotatable bonds is 5. The van der Waals surface area contributed by atoms with Crippen molar-refractivity contribution in [2.45, 2.75) is 33.1 Å². The molecule has 3 heteroatoms. The van der Waals surface area contributed by atoms with Crippen LogP contribution in [0.2, 0.25) is 0 Å². The smallest absolute Gasteiger partial charge is 0.153 e. The molecule has 0 N–H and O–H groups in total. The van der Waals surface area contributed by atoms with Gasteiger partial charge in [-0.1, -0.05) is 61.9 Å². The molecule has 1 heterocycles. The highest BCUT2D eigenvalue weighted by atomic mass is 16.1. The molecule has 3 nitrogen and oxygen atoms in total. The third-order valence-corrected chi connectivity index (χ3v) is 3.75. The first-order valence-corrected chi connectivity index (χ1v) is 8.35. The van der Waals surface area contributed by atoms with Crippen molar-refractivity contribution in [3.05, 3.63) is 83.7 Å². The summed E-state index contributed by atoms with van der Waals surface area (Å²) < 4.78 is 1.71. The van der Waals surface area contributed by atoms with Crippen LogP contribution in [0.5, 0.6) is 0 Å². The average Bonchev–Trinajstić information content (AvgIpc) is 3.03. The molecule has 124 valence electrons. The lowest BCUT2D eigenvalue weighted by Crippen LogP contribution is -1.93. The Labute approximate surface area is 144 Å². The molecule has 0 aliphatic carbocycles. The summed E-state index contributed by atoms with van der Waals surface area (Å²) >= 11 is 0. The second-order valence-electron chi connectivity index (χ2n) is 5.66. The maximum atomic E-state index is 10.6. The van der Waals surface area contributed by atoms with Gasteiger partial charge in [-0.3, -0.25) is 4.79 Å². The van der Waals surface area contributed by atoms with E-state index >= 15 is 0 Å². The summed E-state index contributed by atoms with van der Waals surface area (Å²) in [5.74, 6) is 0. The van der Waals surface area contributed by atoms with Gasteiger partial charge in [0, 0.05) is 6.20 Å². The lowest BCUT2D eigenvalue weighted by atomic mass is 10.1. The Kier molecular flexibility index (Phi) is 6.96. The summed E-state index contributed by atoms with van der Waals surface area (Å²) in [7, 11) is 0. The number of unbranched alkanes of at least 4 members (excludes halogenated alkanes) is 1. The molecule has 0 radical (unpaired) electrons. The summed E-state index contributed by atoms with van der Waals surface area (Å²) in [6.45, 7) is 4.05. The Bertz CT molecular complexity index is 733. The number of carbonyl (C=O) groups excluding carboxylic acids is 1. The van der Waals surface area contributed by atoms with E-state index < -0.39 is 0 Å². The van der Waals surface area contributed by atoms with E-state index in [9.17, 15) is 4.79 Å². The topological polar surface area (TPSA) is 34.9 Å². The quantitative estimate of drug-likeness (QED) is 0.618. The number of aryl methyl sites for hydroxylation is 2. The lowest BCUT2D eigenvalue weighted by molar-refractivity contribution is 0.112. The molecule has 0 atom stereocenters. The van der Waals surface area contributed by atoms with E-state index in [1.165, 1.54) is 24.8 Å². The molecule has 3 aromatic rings. The molecule has 2 aromatic carbocycles. The monoisotopic (exact) mass is 320 g/mol. The van der Waals surface area contributed by atoms with Crippen molar-refractivity contribution in [1.82, 2.24) is 9.78 Å². The van der Waals surface area contributed by atoms with Crippen LogP contribution in [0.1, 0.15) is 41.4 Å². The van der Waals surface area contributed by atoms with Crippen molar-refractivity contribution >= 4 is 6.29 Å². The van der Waals surface area contributed by atoms with Crippen molar-refractivity contribution in [3.8, 4) is 5.69 Å². The third kappa shape index (κ3) is 5.20. The van der Waals surface area contributed by atoms with Gasteiger partial charge in [-0.15, -0.1) is 0 Å². The SMILES string of the molecule is CCCCc1ccccc1.Cc1nn(-c2ccccc2)cc1C=O. The first kappa shape index (κ1) is 17.7. The number of hydrogen-bond acceptors (Lipinski definition) is 2. The highest BCUT2D eigenvalue weighted by molar-refractivity contribution is 5.76. The molecule has 0 saturated heterocycles. The largest absolute Gasteiger partial charge is 0.298 e. The highest BCUT2D eigenvalue weighted by Crippen LogP contribution is 2.09. The molecule has 0 amide bonds. The average molecular weight is 320 g/mol. The van der Waals surface area contributed by atoms with Gasteiger partial charge in [0.15, 0.2) is 6.29 Å². The minimum absolute atomic E-state index is 0.633. The van der Waals surface area contributed by atoms with E-state index in [-0.39, 0.29) is 0 Å². The van der Waals surface area contributed by atoms with Crippen molar-refractivity contribution in [2.75, 3.05) is 0 Å². The van der Waals surface area contributed by atoms with Crippen LogP contribution in [0.4, 0.5) is 0 Å². The summed E-state index contributed by atoms with van der Waals surface area (Å²) in [4.78, 5) is 10.6. The lowest BCUT2D eigenvalue weighted by Gasteiger charge is -1.98. The van der Waals surface area contributed by atoms with Crippen LogP contribution in [0, 0.1) is 6.92 Å². The maximum Gasteiger partial charge on any atom is 0.153 e. The minimum Gasteiger partial charge on any atom is -0.298 e. The molecular formula is C21H24N2O. The molecule has 0 spiro atoms. The Morgan fingerprint density at radius 1 is 1.00 bits per heavy atom. The van der Waals surface area contributed by atoms with Gasteiger partial charge in [0.05, 0.1) is 16.9 Å². The maximum absolute atomic E-state index is 10.6. The molecule has 0 unspecified atom stereocenters. The molecule has 3 rings (SSSR count). The summed E-state index contributed by atoms with van der Waals surface area (Å²) in [5, 5.41) is 4.24. The van der Waals surface area contributed by atoms with Gasteiger partial charge >= 0.3 is 0 Å². The van der Waals surface area contributed by atoms with Crippen LogP contribution in [-0.2, 0) is 6.42 Å². The van der Waals surface area contributed by atoms with Crippen molar-refractivity contribution < 1.29 is 4.79 Å². The number of aldehydes is 1. The Balaban J connectivity index is 0.000000185. The number of nitrogens with zero attached hydrogens (tertiary/aromatic N) is 2. The fraction of sp³-hybridized carbons (Fsp3) is 0.238. The van der Waals surface area contributed by atoms with Crippen molar-refractivity contribution in [3.63, 3.8) is 0 Å². The van der Waals surface area contributed by atoms with E-state index in [4.69, 9.17) is 0 Å². The van der Waals surface area contributed by atoms with Crippen LogP contribution in [-0.4, -0.2) is 16.1 Å². The van der Waals surface area contributed by atoms with E-state index in [0.717, 1.165) is 17.7 Å². The van der Waals surface area contributed by atoms with Gasteiger partial charge in [-0.05, 0) is 37.5 Å². The van der Waals surface area contributed by atoms with Gasteiger partial charge in [0.1, 0.15) is 0 Å². The normalized spacial score (nSPS) is 9.92. The first-order valence-electron chi connectivity index (χ1n) is 8.35. The predicted molar refractivity (Wildman–Crippen MR) is 98.7 cm³/mol. The van der Waals surface area contributed by atoms with E-state index in [2.05, 4.69) is 42.4 Å². The minimum atomic E-state index is 0.633. The Morgan fingerprint density at radius 3 is 2.17 bits per heavy atom. The molecule has 0 bridgehead atoms. The zero-order valence-corrected chi connectivity index (χ0v) is 14.4. The van der Waals surface area contributed by atoms with Crippen LogP contribution in [0.25, 0.3) is 5.69 Å². The fourth-order valence-corrected chi connectivity index (χ4v) is 2.33. The third-order valence-electron chi connectivity index (χ3n) is 3.75. The van der Waals surface area contributed by atoms with Gasteiger partial charge in [-0.25, -0.2) is 4.68 Å². The molecular weight excluding hydrogens is 296 g/mol. The summed E-state index contributed by atoms with van der Waals surface area (Å²) in [5.41, 5.74) is 3.81. The van der Waals surface area contributed by atoms with Gasteiger partial charge in [0.2, 0.25) is 0 Å². The molecule has 0 aliphatic rings. The number of hydrogen-bond donors (Lipinski definition) is 0. The molecule has 0 saturated carbocycles. The first-order chi connectivity index (χ1) is 11.7. The predicted octanol–water partition coefficient (Wildman–Crippen LogP) is 5.02.